The van der Waals surface area contributed by atoms with Crippen LogP contribution in [0, 0.1) is 0 Å². The maximum Gasteiger partial charge on any atom is 0.338 e. The van der Waals surface area contributed by atoms with Crippen LogP contribution in [0.3, 0.4) is 0 Å². The normalized spacial score (nSPS) is 21.6. The number of nitrogens with zero attached hydrogens (tertiary/aromatic N) is 2. The van der Waals surface area contributed by atoms with E-state index in [-0.39, 0.29) is 5.97 Å². The number of fused-ring (bicyclic) bond motifs is 1. The number of carbonyl (C=O) groups excluding carboxylic acids is 1. The van der Waals surface area contributed by atoms with E-state index in [1.165, 1.54) is 49.9 Å². The molecule has 1 saturated heterocycles. The molecule has 1 aliphatic carbocycles. The summed E-state index contributed by atoms with van der Waals surface area (Å²) in [4.78, 5) is 14.7. The number of esters is 1. The van der Waals surface area contributed by atoms with Crippen LogP contribution in [0.4, 0.5) is 0 Å². The van der Waals surface area contributed by atoms with Crippen LogP contribution in [0.15, 0.2) is 24.3 Å². The smallest absolute Gasteiger partial charge is 0.338 e. The molecule has 0 spiro atoms. The molecule has 25 heavy (non-hydrogen) atoms. The third-order valence-electron chi connectivity index (χ3n) is 5.65. The largest absolute Gasteiger partial charge is 0.462 e. The molecule has 0 radical (unpaired) electrons. The monoisotopic (exact) mass is 340 g/mol. The summed E-state index contributed by atoms with van der Waals surface area (Å²) in [6.07, 6.45) is 6.50. The molecular weight excluding hydrogens is 312 g/mol. The van der Waals surface area contributed by atoms with Gasteiger partial charge in [-0.1, -0.05) is 6.42 Å². The first-order valence-corrected chi connectivity index (χ1v) is 9.72. The number of hydrogen-bond donors (Lipinski definition) is 0. The highest BCUT2D eigenvalue weighted by Crippen LogP contribution is 2.40. The Morgan fingerprint density at radius 3 is 2.76 bits per heavy atom. The lowest BCUT2D eigenvalue weighted by atomic mass is 10.0. The van der Waals surface area contributed by atoms with Crippen LogP contribution in [0.5, 0.6) is 0 Å². The molecule has 1 atom stereocenters. The number of likely N-dealkylation sites (tertiary alicyclic amines) is 1. The summed E-state index contributed by atoms with van der Waals surface area (Å²) < 4.78 is 7.67. The van der Waals surface area contributed by atoms with Gasteiger partial charge in [-0.3, -0.25) is 4.90 Å². The standard InChI is InChI=1S/C21H28N2O2/c1-3-25-21(24)16-7-10-20-17(12-16)13-19(23(20)18-8-9-18)14-22-11-5-4-6-15(22)2/h7,10,12-13,15,18H,3-6,8-9,11,14H2,1-2H3. The van der Waals surface area contributed by atoms with Gasteiger partial charge in [0.15, 0.2) is 0 Å². The van der Waals surface area contributed by atoms with Crippen LogP contribution in [0.2, 0.25) is 0 Å². The second-order valence-corrected chi connectivity index (χ2v) is 7.55. The second kappa shape index (κ2) is 6.83. The van der Waals surface area contributed by atoms with E-state index in [9.17, 15) is 4.79 Å². The predicted molar refractivity (Wildman–Crippen MR) is 99.9 cm³/mol. The van der Waals surface area contributed by atoms with Crippen molar-refractivity contribution < 1.29 is 9.53 Å². The highest BCUT2D eigenvalue weighted by atomic mass is 16.5. The first-order valence-electron chi connectivity index (χ1n) is 9.72. The van der Waals surface area contributed by atoms with Crippen molar-refractivity contribution in [3.8, 4) is 0 Å². The van der Waals surface area contributed by atoms with Gasteiger partial charge in [0.1, 0.15) is 0 Å². The molecule has 1 saturated carbocycles. The molecule has 4 heteroatoms. The van der Waals surface area contributed by atoms with E-state index in [1.807, 2.05) is 19.1 Å². The lowest BCUT2D eigenvalue weighted by molar-refractivity contribution is 0.0526. The molecule has 1 aromatic carbocycles. The summed E-state index contributed by atoms with van der Waals surface area (Å²) in [6.45, 7) is 6.82. The number of hydrogen-bond acceptors (Lipinski definition) is 3. The number of ether oxygens (including phenoxy) is 1. The zero-order chi connectivity index (χ0) is 17.4. The Kier molecular flexibility index (Phi) is 4.55. The molecule has 4 rings (SSSR count). The molecule has 134 valence electrons. The van der Waals surface area contributed by atoms with Crippen molar-refractivity contribution in [3.05, 3.63) is 35.5 Å². The van der Waals surface area contributed by atoms with E-state index >= 15 is 0 Å². The van der Waals surface area contributed by atoms with Gasteiger partial charge in [0, 0.05) is 35.2 Å². The number of benzene rings is 1. The quantitative estimate of drug-likeness (QED) is 0.750. The van der Waals surface area contributed by atoms with Crippen molar-refractivity contribution in [2.75, 3.05) is 13.2 Å². The first-order chi connectivity index (χ1) is 12.2. The van der Waals surface area contributed by atoms with Crippen LogP contribution >= 0.6 is 0 Å². The van der Waals surface area contributed by atoms with Crippen molar-refractivity contribution in [2.24, 2.45) is 0 Å². The van der Waals surface area contributed by atoms with Crippen LogP contribution < -0.4 is 0 Å². The Hall–Kier alpha value is -1.81. The fourth-order valence-electron chi connectivity index (χ4n) is 4.12. The van der Waals surface area contributed by atoms with Gasteiger partial charge in [0.2, 0.25) is 0 Å². The van der Waals surface area contributed by atoms with Crippen molar-refractivity contribution in [1.82, 2.24) is 9.47 Å². The minimum Gasteiger partial charge on any atom is -0.462 e. The summed E-state index contributed by atoms with van der Waals surface area (Å²) in [7, 11) is 0. The van der Waals surface area contributed by atoms with Gasteiger partial charge in [0.05, 0.1) is 12.2 Å². The van der Waals surface area contributed by atoms with E-state index < -0.39 is 0 Å². The van der Waals surface area contributed by atoms with Crippen LogP contribution in [0.1, 0.15) is 68.0 Å². The van der Waals surface area contributed by atoms with E-state index in [0.717, 1.165) is 11.9 Å². The Morgan fingerprint density at radius 1 is 1.20 bits per heavy atom. The second-order valence-electron chi connectivity index (χ2n) is 7.55. The Balaban J connectivity index is 1.68. The minimum absolute atomic E-state index is 0.227. The van der Waals surface area contributed by atoms with E-state index in [1.54, 1.807) is 0 Å². The minimum atomic E-state index is -0.227. The van der Waals surface area contributed by atoms with E-state index in [4.69, 9.17) is 4.74 Å². The fraction of sp³-hybridized carbons (Fsp3) is 0.571. The van der Waals surface area contributed by atoms with E-state index in [2.05, 4.69) is 28.5 Å². The van der Waals surface area contributed by atoms with Gasteiger partial charge in [0.25, 0.3) is 0 Å². The maximum atomic E-state index is 12.0. The van der Waals surface area contributed by atoms with E-state index in [0.29, 0.717) is 24.3 Å². The summed E-state index contributed by atoms with van der Waals surface area (Å²) in [5.74, 6) is -0.227. The third-order valence-corrected chi connectivity index (χ3v) is 5.65. The van der Waals surface area contributed by atoms with Crippen LogP contribution in [0.25, 0.3) is 10.9 Å². The molecule has 2 heterocycles. The molecule has 0 bridgehead atoms. The van der Waals surface area contributed by atoms with Crippen molar-refractivity contribution in [3.63, 3.8) is 0 Å². The Morgan fingerprint density at radius 2 is 2.04 bits per heavy atom. The molecule has 1 aromatic heterocycles. The zero-order valence-corrected chi connectivity index (χ0v) is 15.3. The summed E-state index contributed by atoms with van der Waals surface area (Å²) >= 11 is 0. The maximum absolute atomic E-state index is 12.0. The molecule has 2 aromatic rings. The lowest BCUT2D eigenvalue weighted by Crippen LogP contribution is -2.37. The van der Waals surface area contributed by atoms with Crippen LogP contribution in [-0.2, 0) is 11.3 Å². The SMILES string of the molecule is CCOC(=O)c1ccc2c(c1)cc(CN1CCCCC1C)n2C1CC1. The van der Waals surface area contributed by atoms with Crippen LogP contribution in [-0.4, -0.2) is 34.6 Å². The summed E-state index contributed by atoms with van der Waals surface area (Å²) in [5.41, 5.74) is 3.31. The molecule has 1 unspecified atom stereocenters. The molecule has 2 fully saturated rings. The average Bonchev–Trinajstić information content (AvgIpc) is 3.38. The fourth-order valence-corrected chi connectivity index (χ4v) is 4.12. The topological polar surface area (TPSA) is 34.5 Å². The molecular formula is C21H28N2O2. The van der Waals surface area contributed by atoms with Gasteiger partial charge in [-0.05, 0) is 70.3 Å². The Bertz CT molecular complexity index is 776. The molecule has 0 N–H and O–H groups in total. The summed E-state index contributed by atoms with van der Waals surface area (Å²) in [5, 5.41) is 1.16. The number of piperidine rings is 1. The molecule has 0 amide bonds. The molecule has 1 aliphatic heterocycles. The Labute approximate surface area is 149 Å². The van der Waals surface area contributed by atoms with Crippen molar-refractivity contribution in [1.29, 1.82) is 0 Å². The highest BCUT2D eigenvalue weighted by Gasteiger charge is 2.29. The first kappa shape index (κ1) is 16.6. The van der Waals surface area contributed by atoms with Gasteiger partial charge in [-0.15, -0.1) is 0 Å². The van der Waals surface area contributed by atoms with Gasteiger partial charge < -0.3 is 9.30 Å². The van der Waals surface area contributed by atoms with Crippen molar-refractivity contribution >= 4 is 16.9 Å². The average molecular weight is 340 g/mol. The number of aromatic nitrogens is 1. The highest BCUT2D eigenvalue weighted by molar-refractivity contribution is 5.95. The zero-order valence-electron chi connectivity index (χ0n) is 15.3. The number of carbonyl (C=O) groups is 1. The van der Waals surface area contributed by atoms with Gasteiger partial charge >= 0.3 is 5.97 Å². The third kappa shape index (κ3) is 3.32. The molecule has 4 nitrogen and oxygen atoms in total. The molecule has 2 aliphatic rings. The van der Waals surface area contributed by atoms with Gasteiger partial charge in [-0.2, -0.15) is 0 Å². The summed E-state index contributed by atoms with van der Waals surface area (Å²) in [6, 6.07) is 9.60. The lowest BCUT2D eigenvalue weighted by Gasteiger charge is -2.33. The number of rotatable bonds is 5. The van der Waals surface area contributed by atoms with Crippen molar-refractivity contribution in [2.45, 2.75) is 64.6 Å². The van der Waals surface area contributed by atoms with Gasteiger partial charge in [-0.25, -0.2) is 4.79 Å². The predicted octanol–water partition coefficient (Wildman–Crippen LogP) is 4.53.